The standard InChI is InChI=1S/C13H26N2O2/c1-10-5-6-11(14)9-12(10)13(16)15-7-3-4-8-17-2/h10-12H,3-9,14H2,1-2H3,(H,15,16). The highest BCUT2D eigenvalue weighted by molar-refractivity contribution is 5.79. The fourth-order valence-electron chi connectivity index (χ4n) is 2.43. The first-order valence-corrected chi connectivity index (χ1v) is 6.67. The molecular weight excluding hydrogens is 216 g/mol. The maximum Gasteiger partial charge on any atom is 0.223 e. The van der Waals surface area contributed by atoms with Gasteiger partial charge in [-0.15, -0.1) is 0 Å². The maximum absolute atomic E-state index is 12.0. The van der Waals surface area contributed by atoms with Gasteiger partial charge in [-0.1, -0.05) is 6.92 Å². The minimum absolute atomic E-state index is 0.112. The van der Waals surface area contributed by atoms with E-state index in [-0.39, 0.29) is 17.9 Å². The quantitative estimate of drug-likeness (QED) is 0.690. The van der Waals surface area contributed by atoms with Crippen molar-refractivity contribution in [2.75, 3.05) is 20.3 Å². The number of methoxy groups -OCH3 is 1. The first-order chi connectivity index (χ1) is 8.15. The van der Waals surface area contributed by atoms with Crippen LogP contribution in [0.3, 0.4) is 0 Å². The first-order valence-electron chi connectivity index (χ1n) is 6.67. The molecule has 1 aliphatic carbocycles. The third-order valence-electron chi connectivity index (χ3n) is 3.65. The minimum Gasteiger partial charge on any atom is -0.385 e. The van der Waals surface area contributed by atoms with Crippen LogP contribution in [0, 0.1) is 11.8 Å². The molecule has 0 radical (unpaired) electrons. The van der Waals surface area contributed by atoms with Crippen molar-refractivity contribution in [2.24, 2.45) is 17.6 Å². The highest BCUT2D eigenvalue weighted by atomic mass is 16.5. The summed E-state index contributed by atoms with van der Waals surface area (Å²) in [6, 6.07) is 0.204. The number of hydrogen-bond acceptors (Lipinski definition) is 3. The highest BCUT2D eigenvalue weighted by Crippen LogP contribution is 2.29. The second-order valence-electron chi connectivity index (χ2n) is 5.15. The van der Waals surface area contributed by atoms with Crippen LogP contribution < -0.4 is 11.1 Å². The number of nitrogens with one attached hydrogen (secondary N) is 1. The molecule has 0 aromatic carbocycles. The molecule has 1 amide bonds. The zero-order valence-electron chi connectivity index (χ0n) is 11.1. The summed E-state index contributed by atoms with van der Waals surface area (Å²) >= 11 is 0. The van der Waals surface area contributed by atoms with E-state index in [9.17, 15) is 4.79 Å². The van der Waals surface area contributed by atoms with E-state index >= 15 is 0 Å². The Morgan fingerprint density at radius 2 is 2.18 bits per heavy atom. The van der Waals surface area contributed by atoms with Gasteiger partial charge >= 0.3 is 0 Å². The molecule has 0 aliphatic heterocycles. The smallest absolute Gasteiger partial charge is 0.223 e. The largest absolute Gasteiger partial charge is 0.385 e. The van der Waals surface area contributed by atoms with E-state index in [1.807, 2.05) is 0 Å². The van der Waals surface area contributed by atoms with E-state index in [0.717, 1.165) is 45.3 Å². The van der Waals surface area contributed by atoms with E-state index < -0.39 is 0 Å². The van der Waals surface area contributed by atoms with E-state index in [1.165, 1.54) is 0 Å². The van der Waals surface area contributed by atoms with Gasteiger partial charge in [0.25, 0.3) is 0 Å². The van der Waals surface area contributed by atoms with Gasteiger partial charge in [0.1, 0.15) is 0 Å². The van der Waals surface area contributed by atoms with Crippen molar-refractivity contribution in [3.05, 3.63) is 0 Å². The molecule has 0 spiro atoms. The monoisotopic (exact) mass is 242 g/mol. The molecule has 3 unspecified atom stereocenters. The van der Waals surface area contributed by atoms with Gasteiger partial charge in [-0.3, -0.25) is 4.79 Å². The van der Waals surface area contributed by atoms with Gasteiger partial charge in [-0.2, -0.15) is 0 Å². The van der Waals surface area contributed by atoms with Crippen LogP contribution in [-0.4, -0.2) is 32.2 Å². The van der Waals surface area contributed by atoms with Gasteiger partial charge in [0, 0.05) is 32.2 Å². The molecule has 0 saturated heterocycles. The number of carbonyl (C=O) groups is 1. The molecule has 0 heterocycles. The van der Waals surface area contributed by atoms with Crippen molar-refractivity contribution in [2.45, 2.75) is 45.1 Å². The van der Waals surface area contributed by atoms with Gasteiger partial charge in [0.2, 0.25) is 5.91 Å². The zero-order chi connectivity index (χ0) is 12.7. The minimum atomic E-state index is 0.112. The molecular formula is C13H26N2O2. The fourth-order valence-corrected chi connectivity index (χ4v) is 2.43. The number of ether oxygens (including phenoxy) is 1. The van der Waals surface area contributed by atoms with Crippen molar-refractivity contribution in [3.8, 4) is 0 Å². The van der Waals surface area contributed by atoms with Gasteiger partial charge in [-0.25, -0.2) is 0 Å². The number of hydrogen-bond donors (Lipinski definition) is 2. The summed E-state index contributed by atoms with van der Waals surface area (Å²) in [6.45, 7) is 3.67. The van der Waals surface area contributed by atoms with Crippen molar-refractivity contribution in [1.82, 2.24) is 5.32 Å². The first kappa shape index (κ1) is 14.5. The van der Waals surface area contributed by atoms with E-state index in [0.29, 0.717) is 5.92 Å². The topological polar surface area (TPSA) is 64.3 Å². The molecule has 100 valence electrons. The number of nitrogens with two attached hydrogens (primary N) is 1. The summed E-state index contributed by atoms with van der Waals surface area (Å²) < 4.78 is 4.97. The van der Waals surface area contributed by atoms with Crippen LogP contribution >= 0.6 is 0 Å². The van der Waals surface area contributed by atoms with Crippen molar-refractivity contribution in [1.29, 1.82) is 0 Å². The Balaban J connectivity index is 2.21. The predicted molar refractivity (Wildman–Crippen MR) is 68.6 cm³/mol. The Labute approximate surface area is 104 Å². The molecule has 0 aromatic rings. The number of rotatable bonds is 6. The molecule has 0 bridgehead atoms. The summed E-state index contributed by atoms with van der Waals surface area (Å²) in [5, 5.41) is 3.01. The van der Waals surface area contributed by atoms with Crippen LogP contribution in [0.25, 0.3) is 0 Å². The molecule has 0 aromatic heterocycles. The molecule has 1 rings (SSSR count). The summed E-state index contributed by atoms with van der Waals surface area (Å²) in [5.74, 6) is 0.764. The summed E-state index contributed by atoms with van der Waals surface area (Å²) in [4.78, 5) is 12.0. The molecule has 1 saturated carbocycles. The number of carbonyl (C=O) groups excluding carboxylic acids is 1. The predicted octanol–water partition coefficient (Wildman–Crippen LogP) is 1.29. The van der Waals surface area contributed by atoms with Crippen LogP contribution in [0.4, 0.5) is 0 Å². The van der Waals surface area contributed by atoms with Crippen molar-refractivity contribution in [3.63, 3.8) is 0 Å². The second kappa shape index (κ2) is 7.67. The molecule has 1 aliphatic rings. The van der Waals surface area contributed by atoms with Crippen LogP contribution in [0.5, 0.6) is 0 Å². The molecule has 3 atom stereocenters. The Kier molecular flexibility index (Phi) is 6.52. The number of unbranched alkanes of at least 4 members (excludes halogenated alkanes) is 1. The molecule has 4 heteroatoms. The Hall–Kier alpha value is -0.610. The SMILES string of the molecule is COCCCCNC(=O)C1CC(N)CCC1C. The van der Waals surface area contributed by atoms with Gasteiger partial charge < -0.3 is 15.8 Å². The lowest BCUT2D eigenvalue weighted by atomic mass is 9.78. The third kappa shape index (κ3) is 5.04. The van der Waals surface area contributed by atoms with Crippen LogP contribution in [0.1, 0.15) is 39.0 Å². The van der Waals surface area contributed by atoms with Crippen molar-refractivity contribution < 1.29 is 9.53 Å². The second-order valence-corrected chi connectivity index (χ2v) is 5.15. The summed E-state index contributed by atoms with van der Waals surface area (Å²) in [5.41, 5.74) is 5.92. The highest BCUT2D eigenvalue weighted by Gasteiger charge is 2.30. The lowest BCUT2D eigenvalue weighted by molar-refractivity contribution is -0.127. The average Bonchev–Trinajstić information content (AvgIpc) is 2.32. The van der Waals surface area contributed by atoms with E-state index in [1.54, 1.807) is 7.11 Å². The zero-order valence-corrected chi connectivity index (χ0v) is 11.1. The number of amides is 1. The Morgan fingerprint density at radius 1 is 1.41 bits per heavy atom. The van der Waals surface area contributed by atoms with Gasteiger partial charge in [0.05, 0.1) is 0 Å². The van der Waals surface area contributed by atoms with E-state index in [4.69, 9.17) is 10.5 Å². The molecule has 17 heavy (non-hydrogen) atoms. The molecule has 3 N–H and O–H groups in total. The normalized spacial score (nSPS) is 29.0. The summed E-state index contributed by atoms with van der Waals surface area (Å²) in [7, 11) is 1.70. The van der Waals surface area contributed by atoms with Gasteiger partial charge in [0.15, 0.2) is 0 Å². The van der Waals surface area contributed by atoms with Crippen LogP contribution in [0.15, 0.2) is 0 Å². The fraction of sp³-hybridized carbons (Fsp3) is 0.923. The Morgan fingerprint density at radius 3 is 2.88 bits per heavy atom. The van der Waals surface area contributed by atoms with E-state index in [2.05, 4.69) is 12.2 Å². The molecule has 1 fully saturated rings. The maximum atomic E-state index is 12.0. The molecule has 4 nitrogen and oxygen atoms in total. The van der Waals surface area contributed by atoms with Crippen LogP contribution in [0.2, 0.25) is 0 Å². The summed E-state index contributed by atoms with van der Waals surface area (Å²) in [6.07, 6.45) is 4.94. The van der Waals surface area contributed by atoms with Gasteiger partial charge in [-0.05, 0) is 38.0 Å². The lowest BCUT2D eigenvalue weighted by Gasteiger charge is -2.31. The average molecular weight is 242 g/mol. The van der Waals surface area contributed by atoms with Crippen molar-refractivity contribution >= 4 is 5.91 Å². The lowest BCUT2D eigenvalue weighted by Crippen LogP contribution is -2.41. The third-order valence-corrected chi connectivity index (χ3v) is 3.65. The Bertz CT molecular complexity index is 233. The van der Waals surface area contributed by atoms with Crippen LogP contribution in [-0.2, 0) is 9.53 Å².